The summed E-state index contributed by atoms with van der Waals surface area (Å²) in [5.74, 6) is 0.0572. The Labute approximate surface area is 170 Å². The Morgan fingerprint density at radius 2 is 1.82 bits per heavy atom. The van der Waals surface area contributed by atoms with E-state index in [2.05, 4.69) is 10.3 Å². The van der Waals surface area contributed by atoms with E-state index in [1.807, 2.05) is 54.6 Å². The molecule has 1 N–H and O–H groups in total. The lowest BCUT2D eigenvalue weighted by Crippen LogP contribution is -2.42. The Kier molecular flexibility index (Phi) is 5.53. The minimum Gasteiger partial charge on any atom is -0.382 e. The quantitative estimate of drug-likeness (QED) is 0.675. The first kappa shape index (κ1) is 19.2. The Hall–Kier alpha value is -2.15. The summed E-state index contributed by atoms with van der Waals surface area (Å²) in [7, 11) is -3.29. The normalized spacial score (nSPS) is 16.3. The lowest BCUT2D eigenvalue weighted by molar-refractivity contribution is 0.329. The smallest absolute Gasteiger partial charge is 0.218 e. The number of fused-ring (bicyclic) bond motifs is 1. The van der Waals surface area contributed by atoms with Crippen molar-refractivity contribution in [2.45, 2.75) is 24.6 Å². The number of pyridine rings is 1. The van der Waals surface area contributed by atoms with Crippen LogP contribution in [0.5, 0.6) is 0 Å². The van der Waals surface area contributed by atoms with Crippen molar-refractivity contribution in [3.05, 3.63) is 71.4 Å². The van der Waals surface area contributed by atoms with Gasteiger partial charge in [-0.15, -0.1) is 0 Å². The molecule has 3 aromatic rings. The maximum absolute atomic E-state index is 12.7. The Morgan fingerprint density at radius 1 is 1.07 bits per heavy atom. The third-order valence-electron chi connectivity index (χ3n) is 5.10. The van der Waals surface area contributed by atoms with Crippen molar-refractivity contribution in [2.75, 3.05) is 18.4 Å². The van der Waals surface area contributed by atoms with Gasteiger partial charge in [-0.1, -0.05) is 41.9 Å². The summed E-state index contributed by atoms with van der Waals surface area (Å²) < 4.78 is 27.0. The molecule has 0 amide bonds. The van der Waals surface area contributed by atoms with Gasteiger partial charge in [0.05, 0.1) is 11.3 Å². The molecule has 0 saturated carbocycles. The molecule has 0 bridgehead atoms. The summed E-state index contributed by atoms with van der Waals surface area (Å²) in [5, 5.41) is 5.24. The fourth-order valence-corrected chi connectivity index (χ4v) is 5.35. The zero-order chi connectivity index (χ0) is 19.6. The standard InChI is InChI=1S/C21H22ClN3O2S/c22-17-6-7-19-20(8-11-23-21(19)14-17)24-18-9-12-25(13-10-18)28(26,27)15-16-4-2-1-3-5-16/h1-8,11,14,18H,9-10,12-13,15H2,(H,23,24). The fourth-order valence-electron chi connectivity index (χ4n) is 3.62. The summed E-state index contributed by atoms with van der Waals surface area (Å²) in [6.45, 7) is 1.06. The Bertz CT molecular complexity index is 1070. The lowest BCUT2D eigenvalue weighted by atomic mass is 10.1. The molecule has 7 heteroatoms. The number of rotatable bonds is 5. The lowest BCUT2D eigenvalue weighted by Gasteiger charge is -2.32. The zero-order valence-electron chi connectivity index (χ0n) is 15.4. The van der Waals surface area contributed by atoms with Gasteiger partial charge >= 0.3 is 0 Å². The van der Waals surface area contributed by atoms with Crippen LogP contribution in [0.25, 0.3) is 10.9 Å². The SMILES string of the molecule is O=S(=O)(Cc1ccccc1)N1CCC(Nc2ccnc3cc(Cl)ccc23)CC1. The molecule has 146 valence electrons. The third kappa shape index (κ3) is 4.29. The van der Waals surface area contributed by atoms with Gasteiger partial charge in [0.2, 0.25) is 10.0 Å². The van der Waals surface area contributed by atoms with Crippen LogP contribution in [0.4, 0.5) is 5.69 Å². The monoisotopic (exact) mass is 415 g/mol. The highest BCUT2D eigenvalue weighted by molar-refractivity contribution is 7.88. The average molecular weight is 416 g/mol. The van der Waals surface area contributed by atoms with Crippen LogP contribution in [0, 0.1) is 0 Å². The maximum atomic E-state index is 12.7. The first-order valence-electron chi connectivity index (χ1n) is 9.34. The summed E-state index contributed by atoms with van der Waals surface area (Å²) in [6, 6.07) is 17.2. The molecule has 0 atom stereocenters. The number of aromatic nitrogens is 1. The van der Waals surface area contributed by atoms with Gasteiger partial charge in [0, 0.05) is 41.4 Å². The van der Waals surface area contributed by atoms with Crippen molar-refractivity contribution in [1.82, 2.24) is 9.29 Å². The van der Waals surface area contributed by atoms with Crippen molar-refractivity contribution in [1.29, 1.82) is 0 Å². The predicted octanol–water partition coefficient (Wildman–Crippen LogP) is 4.29. The molecule has 0 radical (unpaired) electrons. The van der Waals surface area contributed by atoms with E-state index in [-0.39, 0.29) is 11.8 Å². The first-order chi connectivity index (χ1) is 13.5. The van der Waals surface area contributed by atoms with Gasteiger partial charge in [0.1, 0.15) is 0 Å². The number of hydrogen-bond acceptors (Lipinski definition) is 4. The minimum atomic E-state index is -3.29. The molecule has 1 aliphatic heterocycles. The molecule has 4 rings (SSSR count). The second-order valence-corrected chi connectivity index (χ2v) is 9.48. The topological polar surface area (TPSA) is 62.3 Å². The van der Waals surface area contributed by atoms with Crippen molar-refractivity contribution in [3.8, 4) is 0 Å². The molecule has 1 aliphatic rings. The van der Waals surface area contributed by atoms with Gasteiger partial charge in [0.15, 0.2) is 0 Å². The number of sulfonamides is 1. The second kappa shape index (κ2) is 8.07. The van der Waals surface area contributed by atoms with Crippen LogP contribution >= 0.6 is 11.6 Å². The van der Waals surface area contributed by atoms with Gasteiger partial charge in [-0.3, -0.25) is 4.98 Å². The largest absolute Gasteiger partial charge is 0.382 e. The number of nitrogens with one attached hydrogen (secondary N) is 1. The minimum absolute atomic E-state index is 0.0572. The Morgan fingerprint density at radius 3 is 2.57 bits per heavy atom. The maximum Gasteiger partial charge on any atom is 0.218 e. The first-order valence-corrected chi connectivity index (χ1v) is 11.3. The number of halogens is 1. The fraction of sp³-hybridized carbons (Fsp3) is 0.286. The summed E-state index contributed by atoms with van der Waals surface area (Å²) >= 11 is 6.06. The van der Waals surface area contributed by atoms with E-state index in [0.717, 1.165) is 35.0 Å². The highest BCUT2D eigenvalue weighted by Crippen LogP contribution is 2.27. The number of nitrogens with zero attached hydrogens (tertiary/aromatic N) is 2. The van der Waals surface area contributed by atoms with Crippen molar-refractivity contribution >= 4 is 38.2 Å². The van der Waals surface area contributed by atoms with Crippen LogP contribution in [-0.2, 0) is 15.8 Å². The molecule has 0 aliphatic carbocycles. The molecule has 2 aromatic carbocycles. The van der Waals surface area contributed by atoms with Crippen LogP contribution in [0.15, 0.2) is 60.8 Å². The molecule has 2 heterocycles. The van der Waals surface area contributed by atoms with Crippen LogP contribution in [-0.4, -0.2) is 36.8 Å². The van der Waals surface area contributed by atoms with E-state index >= 15 is 0 Å². The third-order valence-corrected chi connectivity index (χ3v) is 7.19. The van der Waals surface area contributed by atoms with Crippen molar-refractivity contribution in [3.63, 3.8) is 0 Å². The van der Waals surface area contributed by atoms with Crippen molar-refractivity contribution in [2.24, 2.45) is 0 Å². The van der Waals surface area contributed by atoms with Crippen LogP contribution in [0.1, 0.15) is 18.4 Å². The van der Waals surface area contributed by atoms with E-state index in [1.54, 1.807) is 10.5 Å². The number of benzene rings is 2. The summed E-state index contributed by atoms with van der Waals surface area (Å²) in [5.41, 5.74) is 2.68. The van der Waals surface area contributed by atoms with Crippen molar-refractivity contribution < 1.29 is 8.42 Å². The molecule has 0 spiro atoms. The van der Waals surface area contributed by atoms with Gasteiger partial charge < -0.3 is 5.32 Å². The highest BCUT2D eigenvalue weighted by atomic mass is 35.5. The van der Waals surface area contributed by atoms with E-state index in [4.69, 9.17) is 11.6 Å². The van der Waals surface area contributed by atoms with E-state index < -0.39 is 10.0 Å². The molecular weight excluding hydrogens is 394 g/mol. The molecular formula is C21H22ClN3O2S. The Balaban J connectivity index is 1.41. The predicted molar refractivity (Wildman–Crippen MR) is 114 cm³/mol. The van der Waals surface area contributed by atoms with Gasteiger partial charge in [0.25, 0.3) is 0 Å². The van der Waals surface area contributed by atoms with Gasteiger partial charge in [-0.05, 0) is 42.7 Å². The van der Waals surface area contributed by atoms with E-state index in [1.165, 1.54) is 0 Å². The summed E-state index contributed by atoms with van der Waals surface area (Å²) in [6.07, 6.45) is 3.30. The van der Waals surface area contributed by atoms with E-state index in [0.29, 0.717) is 18.1 Å². The molecule has 28 heavy (non-hydrogen) atoms. The summed E-state index contributed by atoms with van der Waals surface area (Å²) in [4.78, 5) is 4.37. The highest BCUT2D eigenvalue weighted by Gasteiger charge is 2.28. The second-order valence-electron chi connectivity index (χ2n) is 7.08. The number of anilines is 1. The molecule has 1 aromatic heterocycles. The van der Waals surface area contributed by atoms with Gasteiger partial charge in [-0.2, -0.15) is 0 Å². The number of piperidine rings is 1. The molecule has 5 nitrogen and oxygen atoms in total. The average Bonchev–Trinajstić information content (AvgIpc) is 2.69. The molecule has 1 saturated heterocycles. The van der Waals surface area contributed by atoms with Crippen LogP contribution in [0.3, 0.4) is 0 Å². The molecule has 0 unspecified atom stereocenters. The molecule has 1 fully saturated rings. The van der Waals surface area contributed by atoms with Crippen LogP contribution < -0.4 is 5.32 Å². The van der Waals surface area contributed by atoms with E-state index in [9.17, 15) is 8.42 Å². The number of hydrogen-bond donors (Lipinski definition) is 1. The van der Waals surface area contributed by atoms with Crippen LogP contribution in [0.2, 0.25) is 5.02 Å². The van der Waals surface area contributed by atoms with Gasteiger partial charge in [-0.25, -0.2) is 12.7 Å². The zero-order valence-corrected chi connectivity index (χ0v) is 17.0.